The van der Waals surface area contributed by atoms with Crippen LogP contribution in [0.2, 0.25) is 0 Å². The zero-order valence-electron chi connectivity index (χ0n) is 21.0. The van der Waals surface area contributed by atoms with Gasteiger partial charge in [-0.05, 0) is 60.7 Å². The molecule has 1 amide bonds. The predicted molar refractivity (Wildman–Crippen MR) is 142 cm³/mol. The zero-order valence-corrected chi connectivity index (χ0v) is 21.0. The van der Waals surface area contributed by atoms with Gasteiger partial charge >= 0.3 is 0 Å². The number of benzene rings is 3. The maximum atomic E-state index is 13.7. The quantitative estimate of drug-likeness (QED) is 0.288. The van der Waals surface area contributed by atoms with E-state index >= 15 is 0 Å². The number of fused-ring (bicyclic) bond motifs is 1. The van der Waals surface area contributed by atoms with Crippen LogP contribution >= 0.6 is 0 Å². The molecule has 1 heterocycles. The molecule has 5 nitrogen and oxygen atoms in total. The Hall–Kier alpha value is -3.80. The molecule has 0 aliphatic rings. The first kappa shape index (κ1) is 25.3. The Balaban J connectivity index is 1.87. The first-order valence-corrected chi connectivity index (χ1v) is 12.5. The number of carbonyl (C=O) groups is 1. The highest BCUT2D eigenvalue weighted by Crippen LogP contribution is 2.27. The Labute approximate surface area is 211 Å². The van der Waals surface area contributed by atoms with Crippen LogP contribution in [0.1, 0.15) is 51.0 Å². The molecule has 0 N–H and O–H groups in total. The minimum absolute atomic E-state index is 0.0286. The van der Waals surface area contributed by atoms with Crippen LogP contribution < -0.4 is 5.56 Å². The maximum absolute atomic E-state index is 13.7. The van der Waals surface area contributed by atoms with Gasteiger partial charge in [0.05, 0.1) is 22.6 Å². The summed E-state index contributed by atoms with van der Waals surface area (Å²) >= 11 is 0. The van der Waals surface area contributed by atoms with Gasteiger partial charge in [-0.15, -0.1) is 0 Å². The van der Waals surface area contributed by atoms with Crippen LogP contribution in [-0.4, -0.2) is 26.9 Å². The van der Waals surface area contributed by atoms with E-state index in [0.29, 0.717) is 48.2 Å². The van der Waals surface area contributed by atoms with Gasteiger partial charge in [0.1, 0.15) is 11.6 Å². The number of halogens is 1. The average molecular weight is 486 g/mol. The Bertz CT molecular complexity index is 1380. The minimum atomic E-state index is -0.428. The summed E-state index contributed by atoms with van der Waals surface area (Å²) in [5, 5.41) is 0.477. The van der Waals surface area contributed by atoms with Crippen molar-refractivity contribution < 1.29 is 9.18 Å². The van der Waals surface area contributed by atoms with Crippen molar-refractivity contribution >= 4 is 16.8 Å². The van der Waals surface area contributed by atoms with Crippen LogP contribution in [0.4, 0.5) is 4.39 Å². The van der Waals surface area contributed by atoms with Crippen molar-refractivity contribution in [3.05, 3.63) is 106 Å². The maximum Gasteiger partial charge on any atom is 0.266 e. The second kappa shape index (κ2) is 11.3. The molecule has 0 spiro atoms. The van der Waals surface area contributed by atoms with Gasteiger partial charge < -0.3 is 4.90 Å². The van der Waals surface area contributed by atoms with Crippen molar-refractivity contribution in [2.45, 2.75) is 46.1 Å². The number of rotatable bonds is 9. The van der Waals surface area contributed by atoms with E-state index in [4.69, 9.17) is 4.98 Å². The van der Waals surface area contributed by atoms with E-state index in [1.54, 1.807) is 24.3 Å². The molecule has 0 radical (unpaired) electrons. The molecule has 1 atom stereocenters. The van der Waals surface area contributed by atoms with E-state index < -0.39 is 6.04 Å². The normalized spacial score (nSPS) is 12.1. The third-order valence-electron chi connectivity index (χ3n) is 6.33. The van der Waals surface area contributed by atoms with Crippen LogP contribution in [0.5, 0.6) is 0 Å². The average Bonchev–Trinajstić information content (AvgIpc) is 2.87. The summed E-state index contributed by atoms with van der Waals surface area (Å²) in [6, 6.07) is 22.6. The Kier molecular flexibility index (Phi) is 7.93. The smallest absolute Gasteiger partial charge is 0.266 e. The van der Waals surface area contributed by atoms with Crippen LogP contribution in [0.15, 0.2) is 83.7 Å². The summed E-state index contributed by atoms with van der Waals surface area (Å²) in [4.78, 5) is 34.1. The SMILES string of the molecule is CCC(c1nc2ccccc2c(=O)n1-c1ccc(F)cc1)N(CCc1ccccc1)C(=O)CC(C)C. The van der Waals surface area contributed by atoms with E-state index in [9.17, 15) is 14.0 Å². The van der Waals surface area contributed by atoms with Crippen LogP contribution in [0.3, 0.4) is 0 Å². The summed E-state index contributed by atoms with van der Waals surface area (Å²) in [6.45, 7) is 6.55. The molecule has 3 aromatic carbocycles. The molecule has 0 aliphatic heterocycles. The van der Waals surface area contributed by atoms with Gasteiger partial charge in [0.2, 0.25) is 5.91 Å². The molecule has 0 fully saturated rings. The number of hydrogen-bond donors (Lipinski definition) is 0. The van der Waals surface area contributed by atoms with Crippen LogP contribution in [0, 0.1) is 11.7 Å². The van der Waals surface area contributed by atoms with Gasteiger partial charge in [0.25, 0.3) is 5.56 Å². The summed E-state index contributed by atoms with van der Waals surface area (Å²) < 4.78 is 15.3. The molecule has 0 aliphatic carbocycles. The van der Waals surface area contributed by atoms with Crippen molar-refractivity contribution in [1.82, 2.24) is 14.5 Å². The highest BCUT2D eigenvalue weighted by molar-refractivity contribution is 5.79. The molecule has 6 heteroatoms. The minimum Gasteiger partial charge on any atom is -0.332 e. The third-order valence-corrected chi connectivity index (χ3v) is 6.33. The van der Waals surface area contributed by atoms with E-state index in [1.165, 1.54) is 16.7 Å². The lowest BCUT2D eigenvalue weighted by atomic mass is 10.0. The van der Waals surface area contributed by atoms with Crippen molar-refractivity contribution in [2.24, 2.45) is 5.92 Å². The fraction of sp³-hybridized carbons (Fsp3) is 0.300. The van der Waals surface area contributed by atoms with Crippen molar-refractivity contribution in [3.8, 4) is 5.69 Å². The monoisotopic (exact) mass is 485 g/mol. The lowest BCUT2D eigenvalue weighted by Gasteiger charge is -2.33. The molecule has 1 aromatic heterocycles. The second-order valence-corrected chi connectivity index (χ2v) is 9.45. The fourth-order valence-electron chi connectivity index (χ4n) is 4.57. The van der Waals surface area contributed by atoms with Crippen molar-refractivity contribution in [2.75, 3.05) is 6.54 Å². The molecule has 4 aromatic rings. The van der Waals surface area contributed by atoms with Gasteiger partial charge in [0, 0.05) is 13.0 Å². The topological polar surface area (TPSA) is 55.2 Å². The lowest BCUT2D eigenvalue weighted by Crippen LogP contribution is -2.40. The third kappa shape index (κ3) is 5.54. The largest absolute Gasteiger partial charge is 0.332 e. The molecule has 0 bridgehead atoms. The zero-order chi connectivity index (χ0) is 25.7. The van der Waals surface area contributed by atoms with E-state index in [1.807, 2.05) is 56.0 Å². The van der Waals surface area contributed by atoms with Crippen LogP contribution in [-0.2, 0) is 11.2 Å². The van der Waals surface area contributed by atoms with Crippen LogP contribution in [0.25, 0.3) is 16.6 Å². The molecular weight excluding hydrogens is 453 g/mol. The van der Waals surface area contributed by atoms with Gasteiger partial charge in [0.15, 0.2) is 0 Å². The highest BCUT2D eigenvalue weighted by atomic mass is 19.1. The Morgan fingerprint density at radius 3 is 2.31 bits per heavy atom. The predicted octanol–water partition coefficient (Wildman–Crippen LogP) is 6.09. The lowest BCUT2D eigenvalue weighted by molar-refractivity contribution is -0.134. The summed E-state index contributed by atoms with van der Waals surface area (Å²) in [7, 11) is 0. The van der Waals surface area contributed by atoms with E-state index in [2.05, 4.69) is 12.1 Å². The molecular formula is C30H32FN3O2. The number of para-hydroxylation sites is 1. The second-order valence-electron chi connectivity index (χ2n) is 9.45. The Morgan fingerprint density at radius 1 is 0.972 bits per heavy atom. The molecule has 0 saturated heterocycles. The molecule has 36 heavy (non-hydrogen) atoms. The number of nitrogens with zero attached hydrogens (tertiary/aromatic N) is 3. The van der Waals surface area contributed by atoms with Gasteiger partial charge in [-0.3, -0.25) is 14.2 Å². The highest BCUT2D eigenvalue weighted by Gasteiger charge is 2.29. The number of aromatic nitrogens is 2. The van der Waals surface area contributed by atoms with E-state index in [0.717, 1.165) is 5.56 Å². The Morgan fingerprint density at radius 2 is 1.64 bits per heavy atom. The summed E-state index contributed by atoms with van der Waals surface area (Å²) in [5.41, 5.74) is 2.00. The standard InChI is InChI=1S/C30H32FN3O2/c1-4-27(33(28(35)20-21(2)3)19-18-22-10-6-5-7-11-22)29-32-26-13-9-8-12-25(26)30(36)34(29)24-16-14-23(31)15-17-24/h5-17,21,27H,4,18-20H2,1-3H3. The van der Waals surface area contributed by atoms with Gasteiger partial charge in [-0.2, -0.15) is 0 Å². The first-order chi connectivity index (χ1) is 17.4. The van der Waals surface area contributed by atoms with Crippen molar-refractivity contribution in [1.29, 1.82) is 0 Å². The molecule has 4 rings (SSSR count). The van der Waals surface area contributed by atoms with Gasteiger partial charge in [-0.25, -0.2) is 9.37 Å². The summed E-state index contributed by atoms with van der Waals surface area (Å²) in [6.07, 6.45) is 1.67. The molecule has 186 valence electrons. The van der Waals surface area contributed by atoms with Crippen molar-refractivity contribution in [3.63, 3.8) is 0 Å². The number of amides is 1. The molecule has 1 unspecified atom stereocenters. The number of hydrogen-bond acceptors (Lipinski definition) is 3. The number of carbonyl (C=O) groups excluding carboxylic acids is 1. The first-order valence-electron chi connectivity index (χ1n) is 12.5. The fourth-order valence-corrected chi connectivity index (χ4v) is 4.57. The molecule has 0 saturated carbocycles. The van der Waals surface area contributed by atoms with Gasteiger partial charge in [-0.1, -0.05) is 63.2 Å². The summed E-state index contributed by atoms with van der Waals surface area (Å²) in [5.74, 6) is 0.322. The van der Waals surface area contributed by atoms with E-state index in [-0.39, 0.29) is 23.2 Å².